The van der Waals surface area contributed by atoms with E-state index in [-0.39, 0.29) is 12.1 Å². The standard InChI is InChI=1S/C29H32N4O4/c1-4-36-28(34)23-10-14-24(15-11-23)30-29(35)33(19-21-8-6-5-7-9-21)20-26-18-27(31-37-26)22-12-16-25(17-13-22)32(2)3/h5-17,26H,4,18-20H2,1-3H3,(H,30,35)/t26-/m1/s1. The summed E-state index contributed by atoms with van der Waals surface area (Å²) in [5.41, 5.74) is 5.01. The zero-order valence-corrected chi connectivity index (χ0v) is 21.4. The normalized spacial score (nSPS) is 14.4. The zero-order valence-electron chi connectivity index (χ0n) is 21.4. The summed E-state index contributed by atoms with van der Waals surface area (Å²) in [4.78, 5) is 34.7. The third-order valence-corrected chi connectivity index (χ3v) is 6.02. The van der Waals surface area contributed by atoms with Crippen LogP contribution < -0.4 is 10.2 Å². The monoisotopic (exact) mass is 500 g/mol. The lowest BCUT2D eigenvalue weighted by atomic mass is 10.0. The molecule has 4 rings (SSSR count). The number of urea groups is 1. The molecule has 0 fully saturated rings. The van der Waals surface area contributed by atoms with E-state index in [0.29, 0.717) is 37.4 Å². The van der Waals surface area contributed by atoms with E-state index in [9.17, 15) is 9.59 Å². The van der Waals surface area contributed by atoms with Crippen LogP contribution in [0, 0.1) is 0 Å². The molecule has 8 nitrogen and oxygen atoms in total. The van der Waals surface area contributed by atoms with Crippen LogP contribution in [0.3, 0.4) is 0 Å². The van der Waals surface area contributed by atoms with Gasteiger partial charge >= 0.3 is 12.0 Å². The number of benzene rings is 3. The van der Waals surface area contributed by atoms with Gasteiger partial charge in [-0.15, -0.1) is 0 Å². The lowest BCUT2D eigenvalue weighted by Gasteiger charge is -2.25. The highest BCUT2D eigenvalue weighted by Gasteiger charge is 2.27. The van der Waals surface area contributed by atoms with Crippen LogP contribution in [0.1, 0.15) is 34.8 Å². The van der Waals surface area contributed by atoms with E-state index in [4.69, 9.17) is 9.57 Å². The number of carbonyl (C=O) groups is 2. The molecule has 0 radical (unpaired) electrons. The number of ether oxygens (including phenoxy) is 1. The van der Waals surface area contributed by atoms with Gasteiger partial charge in [-0.25, -0.2) is 9.59 Å². The fourth-order valence-corrected chi connectivity index (χ4v) is 4.02. The summed E-state index contributed by atoms with van der Waals surface area (Å²) in [6.07, 6.45) is 0.345. The molecule has 1 aliphatic heterocycles. The van der Waals surface area contributed by atoms with E-state index in [0.717, 1.165) is 22.5 Å². The number of nitrogens with one attached hydrogen (secondary N) is 1. The highest BCUT2D eigenvalue weighted by Crippen LogP contribution is 2.21. The highest BCUT2D eigenvalue weighted by atomic mass is 16.6. The van der Waals surface area contributed by atoms with Crippen LogP contribution in [-0.2, 0) is 16.1 Å². The highest BCUT2D eigenvalue weighted by molar-refractivity contribution is 6.01. The van der Waals surface area contributed by atoms with Crippen molar-refractivity contribution >= 4 is 29.1 Å². The Bertz CT molecular complexity index is 1230. The molecule has 0 aliphatic carbocycles. The van der Waals surface area contributed by atoms with Crippen LogP contribution in [0.15, 0.2) is 84.0 Å². The Kier molecular flexibility index (Phi) is 8.40. The second kappa shape index (κ2) is 12.1. The molecule has 1 atom stereocenters. The molecule has 1 heterocycles. The first-order valence-corrected chi connectivity index (χ1v) is 12.3. The summed E-state index contributed by atoms with van der Waals surface area (Å²) >= 11 is 0. The molecule has 0 bridgehead atoms. The van der Waals surface area contributed by atoms with Crippen LogP contribution in [0.2, 0.25) is 0 Å². The van der Waals surface area contributed by atoms with E-state index in [1.54, 1.807) is 36.1 Å². The van der Waals surface area contributed by atoms with E-state index in [1.165, 1.54) is 0 Å². The average molecular weight is 501 g/mol. The lowest BCUT2D eigenvalue weighted by Crippen LogP contribution is -2.40. The van der Waals surface area contributed by atoms with Crippen molar-refractivity contribution in [2.75, 3.05) is 37.5 Å². The molecule has 3 aromatic carbocycles. The van der Waals surface area contributed by atoms with Crippen LogP contribution in [0.5, 0.6) is 0 Å². The van der Waals surface area contributed by atoms with E-state index < -0.39 is 5.97 Å². The molecule has 1 aliphatic rings. The van der Waals surface area contributed by atoms with Gasteiger partial charge < -0.3 is 24.7 Å². The summed E-state index contributed by atoms with van der Waals surface area (Å²) in [6, 6.07) is 24.4. The SMILES string of the molecule is CCOC(=O)c1ccc(NC(=O)N(Cc2ccccc2)C[C@H]2CC(c3ccc(N(C)C)cc3)=NO2)cc1. The maximum Gasteiger partial charge on any atom is 0.338 e. The average Bonchev–Trinajstić information content (AvgIpc) is 3.38. The van der Waals surface area contributed by atoms with Gasteiger partial charge in [-0.05, 0) is 54.4 Å². The molecule has 192 valence electrons. The Morgan fingerprint density at radius 2 is 1.70 bits per heavy atom. The quantitative estimate of drug-likeness (QED) is 0.411. The van der Waals surface area contributed by atoms with Crippen molar-refractivity contribution < 1.29 is 19.2 Å². The predicted octanol–water partition coefficient (Wildman–Crippen LogP) is 5.16. The molecule has 0 spiro atoms. The first-order chi connectivity index (χ1) is 17.9. The Balaban J connectivity index is 1.42. The minimum Gasteiger partial charge on any atom is -0.462 e. The minimum absolute atomic E-state index is 0.260. The van der Waals surface area contributed by atoms with Crippen LogP contribution in [0.4, 0.5) is 16.2 Å². The van der Waals surface area contributed by atoms with Gasteiger partial charge in [0.05, 0.1) is 24.4 Å². The topological polar surface area (TPSA) is 83.5 Å². The van der Waals surface area contributed by atoms with Crippen molar-refractivity contribution in [1.29, 1.82) is 0 Å². The van der Waals surface area contributed by atoms with Gasteiger partial charge in [-0.1, -0.05) is 47.6 Å². The second-order valence-electron chi connectivity index (χ2n) is 9.00. The molecule has 0 saturated heterocycles. The predicted molar refractivity (Wildman–Crippen MR) is 145 cm³/mol. The number of esters is 1. The number of nitrogens with zero attached hydrogens (tertiary/aromatic N) is 3. The number of rotatable bonds is 9. The van der Waals surface area contributed by atoms with Gasteiger partial charge in [-0.2, -0.15) is 0 Å². The molecular formula is C29H32N4O4. The van der Waals surface area contributed by atoms with Crippen molar-refractivity contribution in [2.45, 2.75) is 26.0 Å². The molecule has 0 aromatic heterocycles. The molecule has 1 N–H and O–H groups in total. The van der Waals surface area contributed by atoms with Gasteiger partial charge in [0.1, 0.15) is 0 Å². The third kappa shape index (κ3) is 6.88. The van der Waals surface area contributed by atoms with Crippen LogP contribution in [-0.4, -0.2) is 56.0 Å². The smallest absolute Gasteiger partial charge is 0.338 e. The summed E-state index contributed by atoms with van der Waals surface area (Å²) in [7, 11) is 4.00. The molecule has 8 heteroatoms. The molecule has 0 saturated carbocycles. The summed E-state index contributed by atoms with van der Waals surface area (Å²) in [6.45, 7) is 2.85. The Hall–Kier alpha value is -4.33. The van der Waals surface area contributed by atoms with E-state index in [2.05, 4.69) is 10.5 Å². The molecular weight excluding hydrogens is 468 g/mol. The van der Waals surface area contributed by atoms with Gasteiger partial charge in [0.15, 0.2) is 6.10 Å². The number of carbonyl (C=O) groups excluding carboxylic acids is 2. The Labute approximate surface area is 217 Å². The number of hydrogen-bond acceptors (Lipinski definition) is 6. The van der Waals surface area contributed by atoms with Crippen molar-refractivity contribution in [1.82, 2.24) is 4.90 Å². The van der Waals surface area contributed by atoms with Crippen molar-refractivity contribution in [3.05, 3.63) is 95.6 Å². The van der Waals surface area contributed by atoms with Crippen molar-refractivity contribution in [3.63, 3.8) is 0 Å². The first kappa shape index (κ1) is 25.8. The maximum atomic E-state index is 13.3. The third-order valence-electron chi connectivity index (χ3n) is 6.02. The summed E-state index contributed by atoms with van der Waals surface area (Å²) in [5.74, 6) is -0.392. The van der Waals surface area contributed by atoms with Crippen LogP contribution in [0.25, 0.3) is 0 Å². The molecule has 2 amide bonds. The molecule has 37 heavy (non-hydrogen) atoms. The van der Waals surface area contributed by atoms with Gasteiger partial charge in [0, 0.05) is 38.4 Å². The lowest BCUT2D eigenvalue weighted by molar-refractivity contribution is 0.0526. The van der Waals surface area contributed by atoms with E-state index in [1.807, 2.05) is 73.6 Å². The number of hydrogen-bond donors (Lipinski definition) is 1. The first-order valence-electron chi connectivity index (χ1n) is 12.3. The molecule has 3 aromatic rings. The number of amides is 2. The summed E-state index contributed by atoms with van der Waals surface area (Å²) in [5, 5.41) is 7.24. The Morgan fingerprint density at radius 1 is 1.00 bits per heavy atom. The number of anilines is 2. The number of oxime groups is 1. The van der Waals surface area contributed by atoms with Gasteiger partial charge in [-0.3, -0.25) is 0 Å². The van der Waals surface area contributed by atoms with Crippen molar-refractivity contribution in [2.24, 2.45) is 5.16 Å². The zero-order chi connectivity index (χ0) is 26.2. The van der Waals surface area contributed by atoms with Gasteiger partial charge in [0.25, 0.3) is 0 Å². The van der Waals surface area contributed by atoms with E-state index >= 15 is 0 Å². The van der Waals surface area contributed by atoms with Crippen molar-refractivity contribution in [3.8, 4) is 0 Å². The van der Waals surface area contributed by atoms with Crippen LogP contribution >= 0.6 is 0 Å². The van der Waals surface area contributed by atoms with Gasteiger partial charge in [0.2, 0.25) is 0 Å². The second-order valence-corrected chi connectivity index (χ2v) is 9.00. The fourth-order valence-electron chi connectivity index (χ4n) is 4.02. The Morgan fingerprint density at radius 3 is 2.35 bits per heavy atom. The maximum absolute atomic E-state index is 13.3. The fraction of sp³-hybridized carbons (Fsp3) is 0.276. The summed E-state index contributed by atoms with van der Waals surface area (Å²) < 4.78 is 5.02. The largest absolute Gasteiger partial charge is 0.462 e. The minimum atomic E-state index is -0.392. The molecule has 0 unspecified atom stereocenters.